The van der Waals surface area contributed by atoms with Gasteiger partial charge in [0.2, 0.25) is 5.91 Å². The molecule has 0 aromatic carbocycles. The molecule has 2 aliphatic carbocycles. The zero-order valence-electron chi connectivity index (χ0n) is 18.1. The number of hydrogen-bond acceptors (Lipinski definition) is 4. The molecular formula is C23H30N4O3. The van der Waals surface area contributed by atoms with Gasteiger partial charge >= 0.3 is 6.09 Å². The van der Waals surface area contributed by atoms with Crippen LogP contribution in [0.2, 0.25) is 0 Å². The molecule has 0 bridgehead atoms. The van der Waals surface area contributed by atoms with E-state index < -0.39 is 5.60 Å². The van der Waals surface area contributed by atoms with Crippen molar-refractivity contribution in [2.24, 2.45) is 17.8 Å². The van der Waals surface area contributed by atoms with Crippen molar-refractivity contribution in [1.29, 1.82) is 0 Å². The van der Waals surface area contributed by atoms with Crippen molar-refractivity contribution in [3.05, 3.63) is 35.9 Å². The number of likely N-dealkylation sites (tertiary alicyclic amines) is 1. The SMILES string of the molecule is Cc1cccn2c(C3(NC(=O)[C@H]4[C@@H]5CN(C(=O)OC(C)(C)C)C[C@@H]54)CCC3)ncc12. The van der Waals surface area contributed by atoms with E-state index in [1.165, 1.54) is 5.56 Å². The molecule has 7 nitrogen and oxygen atoms in total. The molecule has 3 fully saturated rings. The largest absolute Gasteiger partial charge is 0.444 e. The van der Waals surface area contributed by atoms with E-state index in [-0.39, 0.29) is 35.3 Å². The second-order valence-electron chi connectivity index (χ2n) is 10.2. The molecule has 2 saturated carbocycles. The molecule has 3 heterocycles. The number of imidazole rings is 1. The lowest BCUT2D eigenvalue weighted by Gasteiger charge is -2.41. The molecule has 1 aliphatic heterocycles. The van der Waals surface area contributed by atoms with Gasteiger partial charge in [0.15, 0.2) is 0 Å². The van der Waals surface area contributed by atoms with E-state index in [0.29, 0.717) is 13.1 Å². The Hall–Kier alpha value is -2.57. The molecule has 2 aromatic rings. The highest BCUT2D eigenvalue weighted by Crippen LogP contribution is 2.53. The van der Waals surface area contributed by atoms with Gasteiger partial charge in [0, 0.05) is 25.2 Å². The Kier molecular flexibility index (Phi) is 4.18. The van der Waals surface area contributed by atoms with E-state index >= 15 is 0 Å². The number of carbonyl (C=O) groups is 2. The van der Waals surface area contributed by atoms with E-state index in [1.54, 1.807) is 4.90 Å². The number of carbonyl (C=O) groups excluding carboxylic acids is 2. The van der Waals surface area contributed by atoms with E-state index in [1.807, 2.05) is 39.2 Å². The smallest absolute Gasteiger partial charge is 0.410 e. The highest BCUT2D eigenvalue weighted by Gasteiger charge is 2.61. The minimum absolute atomic E-state index is 0.00544. The summed E-state index contributed by atoms with van der Waals surface area (Å²) in [5.74, 6) is 1.52. The van der Waals surface area contributed by atoms with Crippen LogP contribution in [0.25, 0.3) is 5.52 Å². The van der Waals surface area contributed by atoms with Gasteiger partial charge in [-0.05, 0) is 70.4 Å². The van der Waals surface area contributed by atoms with Crippen molar-refractivity contribution in [3.8, 4) is 0 Å². The summed E-state index contributed by atoms with van der Waals surface area (Å²) in [5, 5.41) is 3.36. The lowest BCUT2D eigenvalue weighted by molar-refractivity contribution is -0.126. The highest BCUT2D eigenvalue weighted by molar-refractivity contribution is 5.84. The summed E-state index contributed by atoms with van der Waals surface area (Å²) in [5.41, 5.74) is 1.39. The van der Waals surface area contributed by atoms with Gasteiger partial charge < -0.3 is 19.4 Å². The third-order valence-electron chi connectivity index (χ3n) is 6.93. The van der Waals surface area contributed by atoms with Crippen LogP contribution in [0.5, 0.6) is 0 Å². The Morgan fingerprint density at radius 3 is 2.53 bits per heavy atom. The number of aryl methyl sites for hydroxylation is 1. The van der Waals surface area contributed by atoms with Crippen LogP contribution in [0.3, 0.4) is 0 Å². The molecule has 3 atom stereocenters. The second kappa shape index (κ2) is 6.46. The number of amides is 2. The summed E-state index contributed by atoms with van der Waals surface area (Å²) < 4.78 is 7.59. The first-order valence-corrected chi connectivity index (χ1v) is 10.9. The van der Waals surface area contributed by atoms with Crippen molar-refractivity contribution in [2.75, 3.05) is 13.1 Å². The predicted octanol–water partition coefficient (Wildman–Crippen LogP) is 3.25. The Bertz CT molecular complexity index is 1010. The molecule has 30 heavy (non-hydrogen) atoms. The van der Waals surface area contributed by atoms with Crippen molar-refractivity contribution in [1.82, 2.24) is 19.6 Å². The normalized spacial score (nSPS) is 26.8. The average Bonchev–Trinajstić information content (AvgIpc) is 2.98. The van der Waals surface area contributed by atoms with Crippen LogP contribution in [0, 0.1) is 24.7 Å². The van der Waals surface area contributed by atoms with Crippen molar-refractivity contribution >= 4 is 17.5 Å². The molecule has 1 saturated heterocycles. The first-order chi connectivity index (χ1) is 14.2. The summed E-state index contributed by atoms with van der Waals surface area (Å²) in [6.07, 6.45) is 6.58. The van der Waals surface area contributed by atoms with Gasteiger partial charge in [-0.15, -0.1) is 0 Å². The maximum absolute atomic E-state index is 13.1. The fraction of sp³-hybridized carbons (Fsp3) is 0.609. The molecule has 0 unspecified atom stereocenters. The first kappa shape index (κ1) is 19.4. The van der Waals surface area contributed by atoms with E-state index in [0.717, 1.165) is 30.6 Å². The Labute approximate surface area is 176 Å². The Morgan fingerprint density at radius 1 is 1.23 bits per heavy atom. The fourth-order valence-corrected chi connectivity index (χ4v) is 5.16. The fourth-order valence-electron chi connectivity index (χ4n) is 5.16. The summed E-state index contributed by atoms with van der Waals surface area (Å²) in [4.78, 5) is 31.9. The number of hydrogen-bond donors (Lipinski definition) is 1. The molecule has 2 aromatic heterocycles. The van der Waals surface area contributed by atoms with Crippen LogP contribution in [0.15, 0.2) is 24.5 Å². The van der Waals surface area contributed by atoms with Gasteiger partial charge in [0.05, 0.1) is 17.3 Å². The van der Waals surface area contributed by atoms with Gasteiger partial charge in [0.25, 0.3) is 0 Å². The van der Waals surface area contributed by atoms with E-state index in [4.69, 9.17) is 9.72 Å². The number of ether oxygens (including phenoxy) is 1. The maximum Gasteiger partial charge on any atom is 0.410 e. The third-order valence-corrected chi connectivity index (χ3v) is 6.93. The van der Waals surface area contributed by atoms with Gasteiger partial charge in [-0.3, -0.25) is 4.79 Å². The minimum Gasteiger partial charge on any atom is -0.444 e. The number of piperidine rings is 1. The molecule has 0 radical (unpaired) electrons. The molecule has 5 rings (SSSR count). The summed E-state index contributed by atoms with van der Waals surface area (Å²) >= 11 is 0. The molecular weight excluding hydrogens is 380 g/mol. The molecule has 0 spiro atoms. The van der Waals surface area contributed by atoms with Crippen molar-refractivity contribution in [2.45, 2.75) is 58.1 Å². The number of aromatic nitrogens is 2. The molecule has 2 amide bonds. The number of nitrogens with zero attached hydrogens (tertiary/aromatic N) is 3. The number of fused-ring (bicyclic) bond motifs is 2. The molecule has 3 aliphatic rings. The van der Waals surface area contributed by atoms with Gasteiger partial charge in [-0.2, -0.15) is 0 Å². The number of nitrogens with one attached hydrogen (secondary N) is 1. The second-order valence-corrected chi connectivity index (χ2v) is 10.2. The summed E-state index contributed by atoms with van der Waals surface area (Å²) in [7, 11) is 0. The molecule has 160 valence electrons. The van der Waals surface area contributed by atoms with Crippen LogP contribution in [-0.4, -0.2) is 45.0 Å². The standard InChI is InChI=1S/C23H30N4O3/c1-14-7-5-10-27-17(14)11-24-20(27)23(8-6-9-23)25-19(28)18-15-12-26(13-16(15)18)21(29)30-22(2,3)4/h5,7,10-11,15-16,18H,6,8-9,12-13H2,1-4H3,(H,25,28)/t15-,16+,18+. The summed E-state index contributed by atoms with van der Waals surface area (Å²) in [6.45, 7) is 8.91. The number of rotatable bonds is 3. The van der Waals surface area contributed by atoms with Gasteiger partial charge in [-0.1, -0.05) is 6.07 Å². The monoisotopic (exact) mass is 410 g/mol. The lowest BCUT2D eigenvalue weighted by Crippen LogP contribution is -2.53. The zero-order chi connectivity index (χ0) is 21.3. The van der Waals surface area contributed by atoms with Crippen LogP contribution >= 0.6 is 0 Å². The maximum atomic E-state index is 13.1. The van der Waals surface area contributed by atoms with Crippen molar-refractivity contribution < 1.29 is 14.3 Å². The minimum atomic E-state index is -0.497. The van der Waals surface area contributed by atoms with Crippen molar-refractivity contribution in [3.63, 3.8) is 0 Å². The van der Waals surface area contributed by atoms with E-state index in [2.05, 4.69) is 22.7 Å². The van der Waals surface area contributed by atoms with Gasteiger partial charge in [0.1, 0.15) is 11.4 Å². The third kappa shape index (κ3) is 3.06. The summed E-state index contributed by atoms with van der Waals surface area (Å²) in [6, 6.07) is 4.10. The Morgan fingerprint density at radius 2 is 1.93 bits per heavy atom. The van der Waals surface area contributed by atoms with Crippen LogP contribution in [-0.2, 0) is 15.1 Å². The van der Waals surface area contributed by atoms with Crippen LogP contribution in [0.4, 0.5) is 4.79 Å². The predicted molar refractivity (Wildman–Crippen MR) is 112 cm³/mol. The van der Waals surface area contributed by atoms with Gasteiger partial charge in [-0.25, -0.2) is 9.78 Å². The van der Waals surface area contributed by atoms with E-state index in [9.17, 15) is 9.59 Å². The molecule has 7 heteroatoms. The quantitative estimate of drug-likeness (QED) is 0.843. The first-order valence-electron chi connectivity index (χ1n) is 10.9. The van der Waals surface area contributed by atoms with Crippen LogP contribution < -0.4 is 5.32 Å². The molecule has 1 N–H and O–H groups in total. The van der Waals surface area contributed by atoms with Crippen LogP contribution in [0.1, 0.15) is 51.4 Å². The average molecular weight is 411 g/mol. The number of pyridine rings is 1. The Balaban J connectivity index is 1.26. The lowest BCUT2D eigenvalue weighted by atomic mass is 9.75. The highest BCUT2D eigenvalue weighted by atomic mass is 16.6. The topological polar surface area (TPSA) is 75.9 Å². The zero-order valence-corrected chi connectivity index (χ0v) is 18.1.